The molecular formula is C26H30F3N3O5S. The van der Waals surface area contributed by atoms with Crippen molar-refractivity contribution in [1.82, 2.24) is 4.90 Å². The number of benzene rings is 2. The number of carbonyl (C=O) groups is 2. The lowest BCUT2D eigenvalue weighted by Crippen LogP contribution is -2.61. The normalized spacial score (nSPS) is 23.6. The van der Waals surface area contributed by atoms with Crippen molar-refractivity contribution in [2.24, 2.45) is 17.4 Å². The molecule has 2 aliphatic rings. The highest BCUT2D eigenvalue weighted by Gasteiger charge is 2.54. The molecule has 4 N–H and O–H groups in total. The first-order valence-electron chi connectivity index (χ1n) is 12.3. The summed E-state index contributed by atoms with van der Waals surface area (Å²) in [5.74, 6) is -5.62. The number of amides is 2. The highest BCUT2D eigenvalue weighted by atomic mass is 32.2. The number of piperidine rings is 1. The number of fused-ring (bicyclic) bond motifs is 2. The predicted molar refractivity (Wildman–Crippen MR) is 131 cm³/mol. The maximum Gasteiger partial charge on any atom is 0.298 e. The van der Waals surface area contributed by atoms with Crippen molar-refractivity contribution in [3.63, 3.8) is 0 Å². The van der Waals surface area contributed by atoms with Gasteiger partial charge in [-0.25, -0.2) is 17.4 Å². The van der Waals surface area contributed by atoms with Crippen LogP contribution in [0, 0.1) is 30.3 Å². The van der Waals surface area contributed by atoms with Crippen molar-refractivity contribution in [3.05, 3.63) is 65.0 Å². The van der Waals surface area contributed by atoms with Crippen LogP contribution in [0.3, 0.4) is 0 Å². The average Bonchev–Trinajstić information content (AvgIpc) is 3.10. The molecule has 2 aromatic carbocycles. The number of carbonyl (C=O) groups excluding carboxylic acids is 2. The quantitative estimate of drug-likeness (QED) is 0.294. The van der Waals surface area contributed by atoms with Crippen LogP contribution in [-0.4, -0.2) is 48.9 Å². The van der Waals surface area contributed by atoms with Gasteiger partial charge in [0.05, 0.1) is 4.90 Å². The third-order valence-corrected chi connectivity index (χ3v) is 9.02. The smallest absolute Gasteiger partial charge is 0.298 e. The van der Waals surface area contributed by atoms with Crippen molar-refractivity contribution in [2.75, 3.05) is 0 Å². The Morgan fingerprint density at radius 3 is 2.16 bits per heavy atom. The fourth-order valence-electron chi connectivity index (χ4n) is 5.44. The summed E-state index contributed by atoms with van der Waals surface area (Å²) in [6.45, 7) is 2.82. The maximum atomic E-state index is 14.2. The van der Waals surface area contributed by atoms with Gasteiger partial charge in [-0.1, -0.05) is 17.7 Å². The zero-order valence-corrected chi connectivity index (χ0v) is 21.8. The van der Waals surface area contributed by atoms with E-state index in [0.717, 1.165) is 18.6 Å². The van der Waals surface area contributed by atoms with Gasteiger partial charge in [0.25, 0.3) is 21.9 Å². The second-order valence-corrected chi connectivity index (χ2v) is 11.8. The Morgan fingerprint density at radius 2 is 1.61 bits per heavy atom. The van der Waals surface area contributed by atoms with Crippen LogP contribution in [0.15, 0.2) is 41.3 Å². The van der Waals surface area contributed by atoms with Crippen LogP contribution in [0.25, 0.3) is 0 Å². The molecule has 0 aromatic heterocycles. The first-order chi connectivity index (χ1) is 17.7. The lowest BCUT2D eigenvalue weighted by atomic mass is 9.82. The number of hydrogen-bond acceptors (Lipinski definition) is 6. The minimum absolute atomic E-state index is 0.0298. The summed E-state index contributed by atoms with van der Waals surface area (Å²) in [6.07, 6.45) is 1.93. The summed E-state index contributed by atoms with van der Waals surface area (Å²) in [4.78, 5) is 27.3. The maximum absolute atomic E-state index is 14.2. The molecule has 4 atom stereocenters. The van der Waals surface area contributed by atoms with Gasteiger partial charge in [0.15, 0.2) is 11.6 Å². The van der Waals surface area contributed by atoms with E-state index >= 15 is 0 Å². The van der Waals surface area contributed by atoms with E-state index in [0.29, 0.717) is 31.7 Å². The second-order valence-electron chi connectivity index (χ2n) is 10.3. The van der Waals surface area contributed by atoms with Crippen LogP contribution < -0.4 is 11.5 Å². The fourth-order valence-corrected chi connectivity index (χ4v) is 6.60. The fraction of sp³-hybridized carbons (Fsp3) is 0.462. The minimum Gasteiger partial charge on any atom is -0.367 e. The van der Waals surface area contributed by atoms with Crippen LogP contribution in [0.1, 0.15) is 43.7 Å². The van der Waals surface area contributed by atoms with Gasteiger partial charge in [0, 0.05) is 24.2 Å². The lowest BCUT2D eigenvalue weighted by molar-refractivity contribution is -0.158. The van der Waals surface area contributed by atoms with E-state index in [9.17, 15) is 31.2 Å². The van der Waals surface area contributed by atoms with Crippen LogP contribution >= 0.6 is 0 Å². The first kappa shape index (κ1) is 28.1. The molecule has 2 saturated heterocycles. The van der Waals surface area contributed by atoms with Crippen molar-refractivity contribution in [1.29, 1.82) is 0 Å². The number of halogens is 3. The molecule has 0 saturated carbocycles. The van der Waals surface area contributed by atoms with Crippen molar-refractivity contribution >= 4 is 21.9 Å². The molecular weight excluding hydrogens is 523 g/mol. The third kappa shape index (κ3) is 5.29. The van der Waals surface area contributed by atoms with Crippen molar-refractivity contribution in [3.8, 4) is 0 Å². The molecule has 0 radical (unpaired) electrons. The third-order valence-electron chi connectivity index (χ3n) is 7.62. The molecule has 2 aromatic rings. The Kier molecular flexibility index (Phi) is 7.61. The molecule has 2 bridgehead atoms. The largest absolute Gasteiger partial charge is 0.367 e. The van der Waals surface area contributed by atoms with Crippen LogP contribution in [0.5, 0.6) is 0 Å². The standard InChI is InChI=1S/C26H30F3N3O5S/c1-14-3-7-19(8-4-14)38(35,36)37-26(2,24(31)33)25(34)32-17-5-6-18(32)10-16(9-17)23(30)12-15-11-21(28)22(29)13-20(15)27/h3-4,7-8,11,13,16-18,23H,5-6,9-10,12,30H2,1-2H3,(H2,31,33)/t16?,17?,18?,23-,26?/m1/s1. The monoisotopic (exact) mass is 553 g/mol. The topological polar surface area (TPSA) is 133 Å². The number of primary amides is 1. The Morgan fingerprint density at radius 1 is 1.05 bits per heavy atom. The van der Waals surface area contributed by atoms with Crippen LogP contribution in [-0.2, 0) is 30.3 Å². The molecule has 38 heavy (non-hydrogen) atoms. The first-order valence-corrected chi connectivity index (χ1v) is 13.7. The van der Waals surface area contributed by atoms with E-state index in [-0.39, 0.29) is 34.9 Å². The number of nitrogens with two attached hydrogens (primary N) is 2. The highest BCUT2D eigenvalue weighted by Crippen LogP contribution is 2.42. The second kappa shape index (κ2) is 10.3. The zero-order valence-electron chi connectivity index (χ0n) is 21.0. The number of rotatable bonds is 8. The number of aryl methyl sites for hydroxylation is 1. The Balaban J connectivity index is 1.51. The molecule has 2 aliphatic heterocycles. The molecule has 12 heteroatoms. The van der Waals surface area contributed by atoms with E-state index < -0.39 is 51.0 Å². The van der Waals surface area contributed by atoms with E-state index in [1.54, 1.807) is 19.1 Å². The van der Waals surface area contributed by atoms with Crippen molar-refractivity contribution in [2.45, 2.75) is 74.6 Å². The van der Waals surface area contributed by atoms with Gasteiger partial charge in [-0.2, -0.15) is 8.42 Å². The molecule has 2 amide bonds. The summed E-state index contributed by atoms with van der Waals surface area (Å²) in [7, 11) is -4.51. The van der Waals surface area contributed by atoms with Gasteiger partial charge < -0.3 is 16.4 Å². The summed E-state index contributed by atoms with van der Waals surface area (Å²) < 4.78 is 72.1. The van der Waals surface area contributed by atoms with Gasteiger partial charge in [0.2, 0.25) is 5.60 Å². The number of nitrogens with zero attached hydrogens (tertiary/aromatic N) is 1. The zero-order chi connectivity index (χ0) is 28.0. The Bertz CT molecular complexity index is 1340. The van der Waals surface area contributed by atoms with Gasteiger partial charge >= 0.3 is 0 Å². The van der Waals surface area contributed by atoms with Gasteiger partial charge in [0.1, 0.15) is 5.82 Å². The molecule has 3 unspecified atom stereocenters. The minimum atomic E-state index is -4.51. The molecule has 206 valence electrons. The van der Waals surface area contributed by atoms with Gasteiger partial charge in [-0.3, -0.25) is 9.59 Å². The van der Waals surface area contributed by atoms with Gasteiger partial charge in [-0.05, 0) is 75.6 Å². The average molecular weight is 554 g/mol. The number of hydrogen-bond donors (Lipinski definition) is 2. The molecule has 0 spiro atoms. The van der Waals surface area contributed by atoms with Crippen molar-refractivity contribution < 1.29 is 35.4 Å². The molecule has 2 fully saturated rings. The Hall–Kier alpha value is -2.96. The van der Waals surface area contributed by atoms with Gasteiger partial charge in [-0.15, -0.1) is 0 Å². The lowest BCUT2D eigenvalue weighted by Gasteiger charge is -2.43. The summed E-state index contributed by atoms with van der Waals surface area (Å²) >= 11 is 0. The summed E-state index contributed by atoms with van der Waals surface area (Å²) in [5.41, 5.74) is 10.1. The molecule has 2 heterocycles. The Labute approximate surface area is 219 Å². The SMILES string of the molecule is Cc1ccc(S(=O)(=O)OC(C)(C(N)=O)C(=O)N2C3CCC2CC([C@H](N)Cc2cc(F)c(F)cc2F)C3)cc1. The highest BCUT2D eigenvalue weighted by molar-refractivity contribution is 7.86. The van der Waals surface area contributed by atoms with E-state index in [1.165, 1.54) is 17.0 Å². The van der Waals surface area contributed by atoms with E-state index in [2.05, 4.69) is 0 Å². The van der Waals surface area contributed by atoms with Crippen LogP contribution in [0.4, 0.5) is 13.2 Å². The molecule has 0 aliphatic carbocycles. The summed E-state index contributed by atoms with van der Waals surface area (Å²) in [5, 5.41) is 0. The molecule has 4 rings (SSSR count). The van der Waals surface area contributed by atoms with E-state index in [4.69, 9.17) is 15.7 Å². The van der Waals surface area contributed by atoms with Crippen LogP contribution in [0.2, 0.25) is 0 Å². The predicted octanol–water partition coefficient (Wildman–Crippen LogP) is 2.70. The summed E-state index contributed by atoms with van der Waals surface area (Å²) in [6, 6.07) is 5.65. The van der Waals surface area contributed by atoms with E-state index in [1.807, 2.05) is 0 Å². The molecule has 8 nitrogen and oxygen atoms in total.